The monoisotopic (exact) mass is 271 g/mol. The van der Waals surface area contributed by atoms with E-state index in [1.807, 2.05) is 0 Å². The first-order chi connectivity index (χ1) is 8.88. The van der Waals surface area contributed by atoms with Crippen LogP contribution in [0.5, 0.6) is 5.75 Å². The molecule has 0 amide bonds. The third-order valence-electron chi connectivity index (χ3n) is 2.67. The molecule has 0 fully saturated rings. The van der Waals surface area contributed by atoms with Gasteiger partial charge in [0.15, 0.2) is 0 Å². The van der Waals surface area contributed by atoms with E-state index in [4.69, 9.17) is 10.5 Å². The molecule has 0 atom stereocenters. The molecule has 7 heteroatoms. The van der Waals surface area contributed by atoms with E-state index in [2.05, 4.69) is 4.98 Å². The first-order valence-corrected chi connectivity index (χ1v) is 5.44. The zero-order valence-electron chi connectivity index (χ0n) is 10.1. The van der Waals surface area contributed by atoms with Crippen LogP contribution in [0.3, 0.4) is 0 Å². The van der Waals surface area contributed by atoms with Crippen molar-refractivity contribution in [2.24, 2.45) is 7.05 Å². The van der Waals surface area contributed by atoms with Gasteiger partial charge in [-0.25, -0.2) is 4.98 Å². The number of ether oxygens (including phenoxy) is 1. The molecule has 0 saturated heterocycles. The fraction of sp³-hybridized carbons (Fsp3) is 0.250. The largest absolute Gasteiger partial charge is 0.486 e. The smallest absolute Gasteiger partial charge is 0.416 e. The highest BCUT2D eigenvalue weighted by Crippen LogP contribution is 2.30. The number of imidazole rings is 1. The van der Waals surface area contributed by atoms with Crippen LogP contribution in [0.25, 0.3) is 0 Å². The summed E-state index contributed by atoms with van der Waals surface area (Å²) >= 11 is 0. The molecular weight excluding hydrogens is 259 g/mol. The predicted octanol–water partition coefficient (Wildman–Crippen LogP) is 2.60. The van der Waals surface area contributed by atoms with Gasteiger partial charge in [0.05, 0.1) is 11.8 Å². The van der Waals surface area contributed by atoms with Gasteiger partial charge in [0, 0.05) is 7.05 Å². The maximum absolute atomic E-state index is 12.4. The summed E-state index contributed by atoms with van der Waals surface area (Å²) in [5.74, 6) is 1.43. The zero-order chi connectivity index (χ0) is 14.0. The van der Waals surface area contributed by atoms with Crippen LogP contribution in [0.1, 0.15) is 11.4 Å². The fourth-order valence-electron chi connectivity index (χ4n) is 1.48. The average Bonchev–Trinajstić information content (AvgIpc) is 2.67. The van der Waals surface area contributed by atoms with Crippen molar-refractivity contribution in [3.8, 4) is 5.75 Å². The van der Waals surface area contributed by atoms with Crippen LogP contribution in [0.4, 0.5) is 19.0 Å². The third kappa shape index (κ3) is 2.98. The van der Waals surface area contributed by atoms with Gasteiger partial charge in [0.2, 0.25) is 0 Å². The van der Waals surface area contributed by atoms with E-state index in [9.17, 15) is 13.2 Å². The molecule has 0 unspecified atom stereocenters. The van der Waals surface area contributed by atoms with Crippen LogP contribution in [-0.2, 0) is 19.8 Å². The Kier molecular flexibility index (Phi) is 3.37. The molecule has 0 radical (unpaired) electrons. The van der Waals surface area contributed by atoms with E-state index >= 15 is 0 Å². The first kappa shape index (κ1) is 13.3. The minimum Gasteiger partial charge on any atom is -0.486 e. The lowest BCUT2D eigenvalue weighted by Crippen LogP contribution is -2.06. The van der Waals surface area contributed by atoms with E-state index in [0.717, 1.165) is 12.1 Å². The molecule has 0 spiro atoms. The number of hydrogen-bond donors (Lipinski definition) is 1. The average molecular weight is 271 g/mol. The molecule has 1 aromatic heterocycles. The summed E-state index contributed by atoms with van der Waals surface area (Å²) in [5.41, 5.74) is 4.89. The Labute approximate surface area is 107 Å². The molecule has 102 valence electrons. The molecule has 19 heavy (non-hydrogen) atoms. The Hall–Kier alpha value is -2.18. The molecule has 1 aromatic carbocycles. The molecule has 0 saturated carbocycles. The maximum atomic E-state index is 12.4. The highest BCUT2D eigenvalue weighted by atomic mass is 19.4. The van der Waals surface area contributed by atoms with E-state index in [-0.39, 0.29) is 6.61 Å². The quantitative estimate of drug-likeness (QED) is 0.933. The van der Waals surface area contributed by atoms with Crippen LogP contribution in [0.2, 0.25) is 0 Å². The number of anilines is 1. The summed E-state index contributed by atoms with van der Waals surface area (Å²) in [6.45, 7) is 0.138. The normalized spacial score (nSPS) is 11.6. The first-order valence-electron chi connectivity index (χ1n) is 5.44. The molecule has 1 heterocycles. The highest BCUT2D eigenvalue weighted by Gasteiger charge is 2.29. The van der Waals surface area contributed by atoms with Crippen LogP contribution < -0.4 is 10.5 Å². The van der Waals surface area contributed by atoms with Crippen molar-refractivity contribution in [3.05, 3.63) is 41.9 Å². The number of rotatable bonds is 3. The van der Waals surface area contributed by atoms with Crippen molar-refractivity contribution < 1.29 is 17.9 Å². The van der Waals surface area contributed by atoms with Gasteiger partial charge in [-0.1, -0.05) is 0 Å². The van der Waals surface area contributed by atoms with Gasteiger partial charge in [-0.3, -0.25) is 0 Å². The molecule has 2 aromatic rings. The number of halogens is 3. The van der Waals surface area contributed by atoms with Crippen molar-refractivity contribution in [1.82, 2.24) is 9.55 Å². The summed E-state index contributed by atoms with van der Waals surface area (Å²) in [6, 6.07) is 4.49. The van der Waals surface area contributed by atoms with Crippen LogP contribution in [-0.4, -0.2) is 9.55 Å². The Morgan fingerprint density at radius 2 is 1.89 bits per heavy atom. The second-order valence-corrected chi connectivity index (χ2v) is 3.97. The SMILES string of the molecule is Cn1c(N)cnc1COc1ccc(C(F)(F)F)cc1. The van der Waals surface area contributed by atoms with Crippen molar-refractivity contribution in [3.63, 3.8) is 0 Å². The van der Waals surface area contributed by atoms with Crippen molar-refractivity contribution >= 4 is 5.82 Å². The van der Waals surface area contributed by atoms with Crippen molar-refractivity contribution in [2.75, 3.05) is 5.73 Å². The minimum absolute atomic E-state index is 0.138. The molecular formula is C12H12F3N3O. The van der Waals surface area contributed by atoms with Gasteiger partial charge in [0.25, 0.3) is 0 Å². The van der Waals surface area contributed by atoms with Gasteiger partial charge < -0.3 is 15.0 Å². The topological polar surface area (TPSA) is 53.1 Å². The van der Waals surface area contributed by atoms with E-state index in [1.165, 1.54) is 18.3 Å². The number of nitrogens with two attached hydrogens (primary N) is 1. The zero-order valence-corrected chi connectivity index (χ0v) is 10.1. The van der Waals surface area contributed by atoms with E-state index < -0.39 is 11.7 Å². The Morgan fingerprint density at radius 3 is 2.37 bits per heavy atom. The molecule has 2 rings (SSSR count). The van der Waals surface area contributed by atoms with Gasteiger partial charge in [-0.2, -0.15) is 13.2 Å². The third-order valence-corrected chi connectivity index (χ3v) is 2.67. The minimum atomic E-state index is -4.34. The summed E-state index contributed by atoms with van der Waals surface area (Å²) in [7, 11) is 1.73. The van der Waals surface area contributed by atoms with Crippen LogP contribution in [0, 0.1) is 0 Å². The number of nitrogen functional groups attached to an aromatic ring is 1. The summed E-state index contributed by atoms with van der Waals surface area (Å²) in [4.78, 5) is 4.02. The second-order valence-electron chi connectivity index (χ2n) is 3.97. The Balaban J connectivity index is 2.03. The highest BCUT2D eigenvalue weighted by molar-refractivity contribution is 5.30. The number of nitrogens with zero attached hydrogens (tertiary/aromatic N) is 2. The number of alkyl halides is 3. The summed E-state index contributed by atoms with van der Waals surface area (Å²) < 4.78 is 44.1. The van der Waals surface area contributed by atoms with Crippen LogP contribution >= 0.6 is 0 Å². The van der Waals surface area contributed by atoms with Gasteiger partial charge in [0.1, 0.15) is 24.0 Å². The van der Waals surface area contributed by atoms with Crippen LogP contribution in [0.15, 0.2) is 30.5 Å². The second kappa shape index (κ2) is 4.83. The van der Waals surface area contributed by atoms with Gasteiger partial charge in [-0.15, -0.1) is 0 Å². The lowest BCUT2D eigenvalue weighted by molar-refractivity contribution is -0.137. The molecule has 0 aliphatic heterocycles. The molecule has 0 aliphatic carbocycles. The van der Waals surface area contributed by atoms with Crippen molar-refractivity contribution in [2.45, 2.75) is 12.8 Å². The number of hydrogen-bond acceptors (Lipinski definition) is 3. The fourth-order valence-corrected chi connectivity index (χ4v) is 1.48. The van der Waals surface area contributed by atoms with E-state index in [1.54, 1.807) is 11.6 Å². The lowest BCUT2D eigenvalue weighted by Gasteiger charge is -2.09. The molecule has 0 bridgehead atoms. The standard InChI is InChI=1S/C12H12F3N3O/c1-18-10(16)6-17-11(18)7-19-9-4-2-8(3-5-9)12(13,14)15/h2-6H,7,16H2,1H3. The lowest BCUT2D eigenvalue weighted by atomic mass is 10.2. The molecule has 4 nitrogen and oxygen atoms in total. The summed E-state index contributed by atoms with van der Waals surface area (Å²) in [5, 5.41) is 0. The number of benzene rings is 1. The van der Waals surface area contributed by atoms with Gasteiger partial charge >= 0.3 is 6.18 Å². The van der Waals surface area contributed by atoms with E-state index in [0.29, 0.717) is 17.4 Å². The maximum Gasteiger partial charge on any atom is 0.416 e. The Bertz CT molecular complexity index is 561. The number of aromatic nitrogens is 2. The van der Waals surface area contributed by atoms with Gasteiger partial charge in [-0.05, 0) is 24.3 Å². The summed E-state index contributed by atoms with van der Waals surface area (Å²) in [6.07, 6.45) is -2.85. The molecule has 2 N–H and O–H groups in total. The predicted molar refractivity (Wildman–Crippen MR) is 63.4 cm³/mol. The Morgan fingerprint density at radius 1 is 1.26 bits per heavy atom. The molecule has 0 aliphatic rings. The van der Waals surface area contributed by atoms with Crippen molar-refractivity contribution in [1.29, 1.82) is 0 Å².